The molecule has 11 heteroatoms. The highest BCUT2D eigenvalue weighted by Crippen LogP contribution is 2.31. The van der Waals surface area contributed by atoms with Gasteiger partial charge in [0.05, 0.1) is 23.4 Å². The quantitative estimate of drug-likeness (QED) is 0.380. The number of nitrogens with zero attached hydrogens (tertiary/aromatic N) is 1. The minimum absolute atomic E-state index is 0.0560. The lowest BCUT2D eigenvalue weighted by Crippen LogP contribution is -2.46. The molecule has 6 N–H and O–H groups in total. The number of urea groups is 1. The number of anilines is 1. The fourth-order valence-electron chi connectivity index (χ4n) is 2.88. The molecule has 0 bridgehead atoms. The first-order valence-electron chi connectivity index (χ1n) is 8.67. The van der Waals surface area contributed by atoms with Gasteiger partial charge in [-0.15, -0.1) is 0 Å². The third kappa shape index (κ3) is 5.59. The second-order valence-electron chi connectivity index (χ2n) is 6.41. The maximum Gasteiger partial charge on any atom is 0.416 e. The highest BCUT2D eigenvalue weighted by Gasteiger charge is 2.32. The van der Waals surface area contributed by atoms with Crippen LogP contribution in [0.2, 0.25) is 0 Å². The van der Waals surface area contributed by atoms with Crippen molar-refractivity contribution < 1.29 is 27.9 Å². The number of nitrogens with two attached hydrogens (primary N) is 1. The summed E-state index contributed by atoms with van der Waals surface area (Å²) in [5.41, 5.74) is 3.26. The van der Waals surface area contributed by atoms with Crippen molar-refractivity contribution in [3.05, 3.63) is 29.3 Å². The maximum absolute atomic E-state index is 12.9. The molecule has 154 valence electrons. The monoisotopic (exact) mass is 401 g/mol. The van der Waals surface area contributed by atoms with E-state index in [1.165, 1.54) is 0 Å². The number of amides is 3. The summed E-state index contributed by atoms with van der Waals surface area (Å²) in [5, 5.41) is 22.5. The van der Waals surface area contributed by atoms with Gasteiger partial charge in [-0.3, -0.25) is 10.2 Å². The largest absolute Gasteiger partial charge is 0.416 e. The van der Waals surface area contributed by atoms with Gasteiger partial charge in [0.2, 0.25) is 0 Å². The molecule has 0 aromatic heterocycles. The van der Waals surface area contributed by atoms with E-state index in [9.17, 15) is 27.9 Å². The Morgan fingerprint density at radius 1 is 1.25 bits per heavy atom. The summed E-state index contributed by atoms with van der Waals surface area (Å²) in [7, 11) is 0. The zero-order valence-electron chi connectivity index (χ0n) is 15.0. The Hall–Kier alpha value is -2.82. The molecule has 0 saturated carbocycles. The highest BCUT2D eigenvalue weighted by atomic mass is 19.4. The Kier molecular flexibility index (Phi) is 6.84. The number of piperidine rings is 1. The average molecular weight is 401 g/mol. The number of rotatable bonds is 5. The lowest BCUT2D eigenvalue weighted by molar-refractivity contribution is -0.137. The molecule has 1 heterocycles. The van der Waals surface area contributed by atoms with Crippen molar-refractivity contribution in [2.24, 2.45) is 5.73 Å². The molecule has 0 radical (unpaired) electrons. The lowest BCUT2D eigenvalue weighted by Gasteiger charge is -2.31. The van der Waals surface area contributed by atoms with E-state index in [2.05, 4.69) is 10.6 Å². The summed E-state index contributed by atoms with van der Waals surface area (Å²) in [6, 6.07) is 1.18. The summed E-state index contributed by atoms with van der Waals surface area (Å²) >= 11 is 0. The molecular formula is C17H22F3N5O3. The first kappa shape index (κ1) is 21.5. The van der Waals surface area contributed by atoms with E-state index in [1.807, 2.05) is 0 Å². The van der Waals surface area contributed by atoms with Crippen molar-refractivity contribution in [1.29, 1.82) is 5.41 Å². The molecule has 1 unspecified atom stereocenters. The van der Waals surface area contributed by atoms with Crippen LogP contribution < -0.4 is 16.4 Å². The molecule has 1 aliphatic heterocycles. The number of amidine groups is 1. The van der Waals surface area contributed by atoms with Gasteiger partial charge in [0.25, 0.3) is 5.91 Å². The summed E-state index contributed by atoms with van der Waals surface area (Å²) in [6.07, 6.45) is -3.15. The molecule has 1 saturated heterocycles. The van der Waals surface area contributed by atoms with E-state index >= 15 is 0 Å². The summed E-state index contributed by atoms with van der Waals surface area (Å²) in [5.74, 6) is -1.00. The van der Waals surface area contributed by atoms with Gasteiger partial charge < -0.3 is 26.4 Å². The number of halogens is 3. The fourth-order valence-corrected chi connectivity index (χ4v) is 2.88. The van der Waals surface area contributed by atoms with Gasteiger partial charge in [0, 0.05) is 13.1 Å². The van der Waals surface area contributed by atoms with Crippen LogP contribution in [0.1, 0.15) is 35.2 Å². The number of alkyl halides is 3. The van der Waals surface area contributed by atoms with Crippen LogP contribution in [-0.2, 0) is 6.18 Å². The first-order chi connectivity index (χ1) is 13.1. The zero-order valence-corrected chi connectivity index (χ0v) is 15.0. The van der Waals surface area contributed by atoms with Gasteiger partial charge in [0.1, 0.15) is 11.9 Å². The predicted octanol–water partition coefficient (Wildman–Crippen LogP) is 1.75. The van der Waals surface area contributed by atoms with Crippen LogP contribution >= 0.6 is 0 Å². The number of hydrogen-bond donors (Lipinski definition) is 5. The summed E-state index contributed by atoms with van der Waals surface area (Å²) in [6.45, 7) is 0.898. The van der Waals surface area contributed by atoms with E-state index in [0.29, 0.717) is 25.2 Å². The highest BCUT2D eigenvalue weighted by molar-refractivity contribution is 6.03. The van der Waals surface area contributed by atoms with Gasteiger partial charge in [-0.25, -0.2) is 4.79 Å². The van der Waals surface area contributed by atoms with Crippen LogP contribution in [-0.4, -0.2) is 53.5 Å². The number of nitrogens with one attached hydrogen (secondary N) is 3. The number of aliphatic hydroxyl groups excluding tert-OH is 1. The van der Waals surface area contributed by atoms with Gasteiger partial charge in [0.15, 0.2) is 0 Å². The van der Waals surface area contributed by atoms with Crippen molar-refractivity contribution in [3.8, 4) is 0 Å². The molecule has 8 nitrogen and oxygen atoms in total. The molecule has 0 aliphatic carbocycles. The number of benzene rings is 1. The van der Waals surface area contributed by atoms with Crippen molar-refractivity contribution in [2.45, 2.75) is 31.5 Å². The fraction of sp³-hybridized carbons (Fsp3) is 0.471. The molecule has 1 fully saturated rings. The van der Waals surface area contributed by atoms with E-state index in [1.54, 1.807) is 4.90 Å². The lowest BCUT2D eigenvalue weighted by atomic mass is 10.1. The Morgan fingerprint density at radius 3 is 2.46 bits per heavy atom. The van der Waals surface area contributed by atoms with Gasteiger partial charge in [-0.2, -0.15) is 13.2 Å². The molecule has 1 aromatic rings. The third-order valence-corrected chi connectivity index (χ3v) is 4.32. The number of hydrogen-bond acceptors (Lipinski definition) is 4. The van der Waals surface area contributed by atoms with Crippen molar-refractivity contribution in [1.82, 2.24) is 10.2 Å². The number of primary amides is 1. The second kappa shape index (κ2) is 8.91. The number of carbonyl (C=O) groups excluding carboxylic acids is 2. The minimum atomic E-state index is -4.68. The normalized spacial score (nSPS) is 15.6. The van der Waals surface area contributed by atoms with Crippen LogP contribution in [0.3, 0.4) is 0 Å². The van der Waals surface area contributed by atoms with Crippen LogP contribution in [0.25, 0.3) is 0 Å². The van der Waals surface area contributed by atoms with E-state index in [0.717, 1.165) is 25.3 Å². The standard InChI is InChI=1S/C17H22F3N5O3/c18-17(19,20)10-4-5-12(24-16(22)28)11(8-10)15(27)23-9-13(26)14(21)25-6-2-1-3-7-25/h4-5,8,13,21,26H,1-3,6-7,9H2,(H,23,27)(H3,22,24,28). The Balaban J connectivity index is 2.10. The molecular weight excluding hydrogens is 379 g/mol. The maximum atomic E-state index is 12.9. The van der Waals surface area contributed by atoms with Gasteiger partial charge in [-0.05, 0) is 37.5 Å². The smallest absolute Gasteiger partial charge is 0.383 e. The van der Waals surface area contributed by atoms with Crippen LogP contribution in [0, 0.1) is 5.41 Å². The Labute approximate surface area is 159 Å². The second-order valence-corrected chi connectivity index (χ2v) is 6.41. The molecule has 3 amide bonds. The van der Waals surface area contributed by atoms with Crippen LogP contribution in [0.15, 0.2) is 18.2 Å². The van der Waals surface area contributed by atoms with Crippen molar-refractivity contribution in [3.63, 3.8) is 0 Å². The number of aliphatic hydroxyl groups is 1. The third-order valence-electron chi connectivity index (χ3n) is 4.32. The van der Waals surface area contributed by atoms with Gasteiger partial charge in [-0.1, -0.05) is 0 Å². The number of likely N-dealkylation sites (tertiary alicyclic amines) is 1. The van der Waals surface area contributed by atoms with E-state index < -0.39 is 35.3 Å². The molecule has 1 aliphatic rings. The molecule has 0 spiro atoms. The molecule has 1 atom stereocenters. The van der Waals surface area contributed by atoms with Crippen LogP contribution in [0.4, 0.5) is 23.7 Å². The summed E-state index contributed by atoms with van der Waals surface area (Å²) in [4.78, 5) is 25.1. The van der Waals surface area contributed by atoms with Crippen LogP contribution in [0.5, 0.6) is 0 Å². The average Bonchev–Trinajstić information content (AvgIpc) is 2.64. The Bertz CT molecular complexity index is 748. The topological polar surface area (TPSA) is 132 Å². The predicted molar refractivity (Wildman–Crippen MR) is 96.1 cm³/mol. The minimum Gasteiger partial charge on any atom is -0.383 e. The molecule has 2 rings (SSSR count). The number of carbonyl (C=O) groups is 2. The zero-order chi connectivity index (χ0) is 20.9. The van der Waals surface area contributed by atoms with Crippen molar-refractivity contribution >= 4 is 23.5 Å². The Morgan fingerprint density at radius 2 is 1.89 bits per heavy atom. The molecule has 28 heavy (non-hydrogen) atoms. The molecule has 1 aromatic carbocycles. The van der Waals surface area contributed by atoms with Crippen molar-refractivity contribution in [2.75, 3.05) is 25.0 Å². The summed E-state index contributed by atoms with van der Waals surface area (Å²) < 4.78 is 38.8. The van der Waals surface area contributed by atoms with E-state index in [4.69, 9.17) is 11.1 Å². The van der Waals surface area contributed by atoms with E-state index in [-0.39, 0.29) is 18.1 Å². The SMILES string of the molecule is N=C(C(O)CNC(=O)c1cc(C(F)(F)F)ccc1NC(N)=O)N1CCCCC1. The first-order valence-corrected chi connectivity index (χ1v) is 8.67. The van der Waals surface area contributed by atoms with Gasteiger partial charge >= 0.3 is 12.2 Å².